The number of methoxy groups -OCH3 is 1. The van der Waals surface area contributed by atoms with Gasteiger partial charge < -0.3 is 29.0 Å². The maximum absolute atomic E-state index is 13.5. The fraction of sp³-hybridized carbons (Fsp3) is 0.409. The lowest BCUT2D eigenvalue weighted by Gasteiger charge is -2.62. The third kappa shape index (κ3) is 7.26. The number of ether oxygens (including phenoxy) is 5. The zero-order valence-corrected chi connectivity index (χ0v) is 33.2. The number of β-lactam (4-membered cyclic amide) rings is 1. The van der Waals surface area contributed by atoms with Crippen LogP contribution in [-0.2, 0) is 11.2 Å². The van der Waals surface area contributed by atoms with Crippen LogP contribution in [0, 0.1) is 11.8 Å². The second kappa shape index (κ2) is 15.9. The van der Waals surface area contributed by atoms with Crippen molar-refractivity contribution in [2.75, 3.05) is 20.3 Å². The number of hydrogen-bond acceptors (Lipinski definition) is 9. The first kappa shape index (κ1) is 37.9. The van der Waals surface area contributed by atoms with Crippen LogP contribution < -0.4 is 29.0 Å². The van der Waals surface area contributed by atoms with Crippen LogP contribution >= 0.6 is 0 Å². The Balaban J connectivity index is 1.03. The standard InChI is InChI=1S/C44H51N7O6/c1-6-44(42(52)47-43(44)22-21-29(2)27-31(43)4)57-36-19-20-37(56-35-17-15-33(53-5)16-18-35)32(28-36)14-13-30(3)39-46-40-38(50-24-10-23-45-50)41(49-51(40)48-39)55-26-25-54-34-11-8-7-9-12-34/h7-12,15-20,23-24,28-31H,6,13-14,21-22,25-27H2,1-5H3,(H,46,48)(H,47,52). The third-order valence-electron chi connectivity index (χ3n) is 11.8. The SMILES string of the molecule is CCC1(Oc2ccc(Oc3ccc(OC)cc3)c(CCC(C)c3nc4c(-n5cccn5)c(OCCOc5ccccc5)nn4[nH]3)c2)C(=O)NC12CCC(C)CC2C. The van der Waals surface area contributed by atoms with Crippen LogP contribution in [0.25, 0.3) is 11.3 Å². The Hall–Kier alpha value is -5.98. The summed E-state index contributed by atoms with van der Waals surface area (Å²) in [6.07, 6.45) is 8.55. The molecule has 1 spiro atoms. The summed E-state index contributed by atoms with van der Waals surface area (Å²) in [6.45, 7) is 9.38. The molecule has 0 bridgehead atoms. The van der Waals surface area contributed by atoms with Crippen LogP contribution in [0.1, 0.15) is 77.1 Å². The van der Waals surface area contributed by atoms with Crippen LogP contribution in [-0.4, -0.2) is 67.0 Å². The summed E-state index contributed by atoms with van der Waals surface area (Å²) < 4.78 is 34.0. The molecule has 3 aromatic carbocycles. The van der Waals surface area contributed by atoms with Crippen molar-refractivity contribution in [3.8, 4) is 40.3 Å². The molecule has 13 nitrogen and oxygen atoms in total. The molecular weight excluding hydrogens is 723 g/mol. The molecule has 57 heavy (non-hydrogen) atoms. The lowest BCUT2D eigenvalue weighted by molar-refractivity contribution is -0.184. The minimum atomic E-state index is -0.928. The molecule has 1 amide bonds. The van der Waals surface area contributed by atoms with Crippen LogP contribution in [0.4, 0.5) is 0 Å². The molecule has 13 heteroatoms. The number of para-hydroxylation sites is 1. The first-order chi connectivity index (χ1) is 27.7. The highest BCUT2D eigenvalue weighted by molar-refractivity contribution is 5.95. The van der Waals surface area contributed by atoms with Crippen LogP contribution in [0.2, 0.25) is 0 Å². The number of aromatic amines is 1. The summed E-state index contributed by atoms with van der Waals surface area (Å²) in [5.74, 6) is 5.65. The van der Waals surface area contributed by atoms with Crippen molar-refractivity contribution in [1.82, 2.24) is 34.9 Å². The quantitative estimate of drug-likeness (QED) is 0.0738. The van der Waals surface area contributed by atoms with Gasteiger partial charge in [-0.15, -0.1) is 9.73 Å². The number of carbonyl (C=O) groups is 1. The number of fused-ring (bicyclic) bond motifs is 1. The molecule has 5 unspecified atom stereocenters. The van der Waals surface area contributed by atoms with Crippen molar-refractivity contribution in [2.24, 2.45) is 11.8 Å². The highest BCUT2D eigenvalue weighted by Crippen LogP contribution is 2.52. The van der Waals surface area contributed by atoms with Crippen LogP contribution in [0.5, 0.6) is 34.6 Å². The Morgan fingerprint density at radius 1 is 0.947 bits per heavy atom. The van der Waals surface area contributed by atoms with Crippen molar-refractivity contribution >= 4 is 11.6 Å². The molecule has 8 rings (SSSR count). The minimum Gasteiger partial charge on any atom is -0.497 e. The van der Waals surface area contributed by atoms with Gasteiger partial charge in [-0.25, -0.2) is 9.67 Å². The number of aromatic nitrogens is 6. The van der Waals surface area contributed by atoms with E-state index >= 15 is 0 Å². The Bertz CT molecular complexity index is 2290. The van der Waals surface area contributed by atoms with E-state index in [0.29, 0.717) is 72.4 Å². The van der Waals surface area contributed by atoms with Gasteiger partial charge in [-0.2, -0.15) is 5.10 Å². The first-order valence-corrected chi connectivity index (χ1v) is 20.0. The van der Waals surface area contributed by atoms with Crippen molar-refractivity contribution in [1.29, 1.82) is 0 Å². The van der Waals surface area contributed by atoms with Crippen molar-refractivity contribution < 1.29 is 28.5 Å². The number of amides is 1. The predicted molar refractivity (Wildman–Crippen MR) is 215 cm³/mol. The van der Waals surface area contributed by atoms with Crippen molar-refractivity contribution in [3.63, 3.8) is 0 Å². The average molecular weight is 774 g/mol. The van der Waals surface area contributed by atoms with Gasteiger partial charge in [0.2, 0.25) is 11.2 Å². The summed E-state index contributed by atoms with van der Waals surface area (Å²) in [7, 11) is 1.64. The Morgan fingerprint density at radius 3 is 2.44 bits per heavy atom. The van der Waals surface area contributed by atoms with E-state index in [1.807, 2.05) is 85.1 Å². The summed E-state index contributed by atoms with van der Waals surface area (Å²) in [4.78, 5) is 18.5. The number of aryl methyl sites for hydroxylation is 1. The minimum absolute atomic E-state index is 0.00645. The van der Waals surface area contributed by atoms with E-state index in [0.717, 1.165) is 48.6 Å². The fourth-order valence-corrected chi connectivity index (χ4v) is 8.59. The molecule has 298 valence electrons. The Kier molecular flexibility index (Phi) is 10.6. The van der Waals surface area contributed by atoms with E-state index < -0.39 is 5.60 Å². The van der Waals surface area contributed by atoms with Gasteiger partial charge in [-0.1, -0.05) is 45.9 Å². The largest absolute Gasteiger partial charge is 0.497 e. The smallest absolute Gasteiger partial charge is 0.267 e. The van der Waals surface area contributed by atoms with E-state index in [4.69, 9.17) is 33.8 Å². The van der Waals surface area contributed by atoms with E-state index in [2.05, 4.69) is 43.2 Å². The molecule has 2 fully saturated rings. The monoisotopic (exact) mass is 773 g/mol. The third-order valence-corrected chi connectivity index (χ3v) is 11.8. The molecule has 4 heterocycles. The van der Waals surface area contributed by atoms with Gasteiger partial charge in [-0.05, 0) is 117 Å². The first-order valence-electron chi connectivity index (χ1n) is 20.0. The molecule has 1 aliphatic carbocycles. The molecule has 1 aliphatic heterocycles. The van der Waals surface area contributed by atoms with Gasteiger partial charge in [0, 0.05) is 18.3 Å². The average Bonchev–Trinajstić information content (AvgIpc) is 3.98. The summed E-state index contributed by atoms with van der Waals surface area (Å²) in [5.41, 5.74) is 0.886. The maximum atomic E-state index is 13.5. The summed E-state index contributed by atoms with van der Waals surface area (Å²) >= 11 is 0. The van der Waals surface area contributed by atoms with Gasteiger partial charge in [0.05, 0.1) is 12.6 Å². The molecule has 2 N–H and O–H groups in total. The molecule has 1 saturated carbocycles. The van der Waals surface area contributed by atoms with E-state index in [1.165, 1.54) is 0 Å². The van der Waals surface area contributed by atoms with E-state index in [1.54, 1.807) is 22.6 Å². The summed E-state index contributed by atoms with van der Waals surface area (Å²) in [6, 6.07) is 24.9. The molecule has 0 radical (unpaired) electrons. The van der Waals surface area contributed by atoms with Gasteiger partial charge in [-0.3, -0.25) is 9.89 Å². The normalized spacial score (nSPS) is 22.2. The predicted octanol–water partition coefficient (Wildman–Crippen LogP) is 8.09. The lowest BCUT2D eigenvalue weighted by Crippen LogP contribution is -2.86. The zero-order valence-electron chi connectivity index (χ0n) is 33.2. The molecule has 1 saturated heterocycles. The number of rotatable bonds is 16. The van der Waals surface area contributed by atoms with E-state index in [-0.39, 0.29) is 17.4 Å². The molecular formula is C44H51N7O6. The second-order valence-electron chi connectivity index (χ2n) is 15.4. The van der Waals surface area contributed by atoms with Crippen molar-refractivity contribution in [2.45, 2.75) is 83.3 Å². The molecule has 5 atom stereocenters. The molecule has 2 aliphatic rings. The highest BCUT2D eigenvalue weighted by atomic mass is 16.5. The second-order valence-corrected chi connectivity index (χ2v) is 15.4. The number of nitrogens with zero attached hydrogens (tertiary/aromatic N) is 5. The van der Waals surface area contributed by atoms with E-state index in [9.17, 15) is 4.79 Å². The van der Waals surface area contributed by atoms with Crippen LogP contribution in [0.15, 0.2) is 91.3 Å². The number of hydrogen-bond donors (Lipinski definition) is 2. The number of nitrogens with one attached hydrogen (secondary N) is 2. The van der Waals surface area contributed by atoms with Crippen molar-refractivity contribution in [3.05, 3.63) is 103 Å². The Labute approximate surface area is 332 Å². The number of H-pyrrole nitrogens is 1. The Morgan fingerprint density at radius 2 is 1.72 bits per heavy atom. The van der Waals surface area contributed by atoms with Gasteiger partial charge in [0.15, 0.2) is 5.69 Å². The molecule has 6 aromatic rings. The van der Waals surface area contributed by atoms with Gasteiger partial charge in [0.25, 0.3) is 11.8 Å². The van der Waals surface area contributed by atoms with Crippen LogP contribution in [0.3, 0.4) is 0 Å². The number of carbonyl (C=O) groups excluding carboxylic acids is 1. The maximum Gasteiger partial charge on any atom is 0.267 e. The fourth-order valence-electron chi connectivity index (χ4n) is 8.59. The van der Waals surface area contributed by atoms with Gasteiger partial charge in [0.1, 0.15) is 47.8 Å². The number of benzene rings is 3. The lowest BCUT2D eigenvalue weighted by atomic mass is 9.56. The molecule has 3 aromatic heterocycles. The highest BCUT2D eigenvalue weighted by Gasteiger charge is 2.69. The zero-order chi connectivity index (χ0) is 39.6. The summed E-state index contributed by atoms with van der Waals surface area (Å²) in [5, 5.41) is 15.9. The van der Waals surface area contributed by atoms with Gasteiger partial charge >= 0.3 is 0 Å². The topological polar surface area (TPSA) is 139 Å².